The second kappa shape index (κ2) is 6.59. The molecule has 2 atom stereocenters. The number of H-pyrrole nitrogens is 1. The van der Waals surface area contributed by atoms with E-state index in [1.54, 1.807) is 11.1 Å². The van der Waals surface area contributed by atoms with Gasteiger partial charge in [0.25, 0.3) is 0 Å². The predicted molar refractivity (Wildman–Crippen MR) is 98.5 cm³/mol. The molecule has 1 amide bonds. The smallest absolute Gasteiger partial charge is 0.410 e. The molecule has 2 aromatic heterocycles. The normalized spacial score (nSPS) is 21.1. The van der Waals surface area contributed by atoms with Gasteiger partial charge in [0.1, 0.15) is 23.4 Å². The molecule has 0 unspecified atom stereocenters. The van der Waals surface area contributed by atoms with Gasteiger partial charge in [0.05, 0.1) is 5.39 Å². The molecule has 140 valence electrons. The SMILES string of the molecule is C[C@@H]1CN(c2ncnc3[nH]cc(C=O)c23)[C@@H](C)CN1C(=O)OC(C)(C)C. The average molecular weight is 359 g/mol. The topological polar surface area (TPSA) is 91.4 Å². The Morgan fingerprint density at radius 1 is 1.27 bits per heavy atom. The number of nitrogens with one attached hydrogen (secondary N) is 1. The highest BCUT2D eigenvalue weighted by Crippen LogP contribution is 2.30. The zero-order valence-corrected chi connectivity index (χ0v) is 15.8. The molecular formula is C18H25N5O3. The maximum Gasteiger partial charge on any atom is 0.410 e. The third kappa shape index (κ3) is 3.36. The summed E-state index contributed by atoms with van der Waals surface area (Å²) in [5.74, 6) is 0.710. The van der Waals surface area contributed by atoms with Gasteiger partial charge in [0.15, 0.2) is 6.29 Å². The van der Waals surface area contributed by atoms with Crippen LogP contribution in [0, 0.1) is 0 Å². The number of carbonyl (C=O) groups is 2. The summed E-state index contributed by atoms with van der Waals surface area (Å²) in [6, 6.07) is -0.0316. The number of anilines is 1. The molecule has 1 N–H and O–H groups in total. The Labute approximate surface area is 152 Å². The zero-order valence-electron chi connectivity index (χ0n) is 15.8. The van der Waals surface area contributed by atoms with Gasteiger partial charge in [-0.05, 0) is 34.6 Å². The van der Waals surface area contributed by atoms with E-state index >= 15 is 0 Å². The molecule has 1 fully saturated rings. The van der Waals surface area contributed by atoms with Gasteiger partial charge in [-0.3, -0.25) is 4.79 Å². The number of aromatic nitrogens is 3. The van der Waals surface area contributed by atoms with Crippen LogP contribution in [0.1, 0.15) is 45.0 Å². The molecule has 2 aromatic rings. The minimum atomic E-state index is -0.528. The molecule has 1 aliphatic rings. The van der Waals surface area contributed by atoms with Crippen molar-refractivity contribution in [2.75, 3.05) is 18.0 Å². The van der Waals surface area contributed by atoms with Crippen molar-refractivity contribution < 1.29 is 14.3 Å². The molecule has 3 heterocycles. The average Bonchev–Trinajstić information content (AvgIpc) is 2.98. The third-order valence-electron chi connectivity index (χ3n) is 4.49. The lowest BCUT2D eigenvalue weighted by atomic mass is 10.1. The number of rotatable bonds is 2. The minimum Gasteiger partial charge on any atom is -0.444 e. The van der Waals surface area contributed by atoms with E-state index in [1.807, 2.05) is 34.6 Å². The number of hydrogen-bond donors (Lipinski definition) is 1. The standard InChI is InChI=1S/C18H25N5O3/c1-11-8-23(17(25)26-18(3,4)5)12(2)7-22(11)16-14-13(9-24)6-19-15(14)20-10-21-16/h6,9-12H,7-8H2,1-5H3,(H,19,20,21)/t11-,12+/m0/s1. The van der Waals surface area contributed by atoms with E-state index < -0.39 is 5.60 Å². The second-order valence-electron chi connectivity index (χ2n) is 7.77. The van der Waals surface area contributed by atoms with Crippen LogP contribution in [-0.4, -0.2) is 63.0 Å². The Kier molecular flexibility index (Phi) is 4.60. The summed E-state index contributed by atoms with van der Waals surface area (Å²) in [6.45, 7) is 10.7. The molecule has 0 saturated carbocycles. The molecule has 0 aromatic carbocycles. The monoisotopic (exact) mass is 359 g/mol. The Hall–Kier alpha value is -2.64. The number of aromatic amines is 1. The molecule has 0 radical (unpaired) electrons. The van der Waals surface area contributed by atoms with Crippen molar-refractivity contribution in [1.29, 1.82) is 0 Å². The molecule has 26 heavy (non-hydrogen) atoms. The Morgan fingerprint density at radius 3 is 2.65 bits per heavy atom. The molecule has 8 heteroatoms. The Morgan fingerprint density at radius 2 is 2.00 bits per heavy atom. The molecule has 1 saturated heterocycles. The molecule has 3 rings (SSSR count). The number of fused-ring (bicyclic) bond motifs is 1. The highest BCUT2D eigenvalue weighted by atomic mass is 16.6. The largest absolute Gasteiger partial charge is 0.444 e. The maximum atomic E-state index is 12.5. The third-order valence-corrected chi connectivity index (χ3v) is 4.49. The lowest BCUT2D eigenvalue weighted by Gasteiger charge is -2.44. The van der Waals surface area contributed by atoms with Crippen LogP contribution in [0.15, 0.2) is 12.5 Å². The second-order valence-corrected chi connectivity index (χ2v) is 7.77. The highest BCUT2D eigenvalue weighted by molar-refractivity contribution is 6.02. The van der Waals surface area contributed by atoms with Crippen LogP contribution in [0.25, 0.3) is 11.0 Å². The van der Waals surface area contributed by atoms with Crippen LogP contribution in [-0.2, 0) is 4.74 Å². The van der Waals surface area contributed by atoms with E-state index in [4.69, 9.17) is 4.74 Å². The fourth-order valence-electron chi connectivity index (χ4n) is 3.28. The van der Waals surface area contributed by atoms with Crippen LogP contribution in [0.5, 0.6) is 0 Å². The van der Waals surface area contributed by atoms with Crippen LogP contribution < -0.4 is 4.90 Å². The van der Waals surface area contributed by atoms with Crippen molar-refractivity contribution in [3.63, 3.8) is 0 Å². The lowest BCUT2D eigenvalue weighted by Crippen LogP contribution is -2.59. The quantitative estimate of drug-likeness (QED) is 0.829. The number of aldehydes is 1. The summed E-state index contributed by atoms with van der Waals surface area (Å²) in [6.07, 6.45) is 3.62. The van der Waals surface area contributed by atoms with Crippen molar-refractivity contribution in [3.05, 3.63) is 18.1 Å². The Balaban J connectivity index is 1.88. The van der Waals surface area contributed by atoms with Crippen molar-refractivity contribution in [3.8, 4) is 0 Å². The first-order chi connectivity index (χ1) is 12.2. The van der Waals surface area contributed by atoms with Crippen LogP contribution in [0.4, 0.5) is 10.6 Å². The van der Waals surface area contributed by atoms with Gasteiger partial charge in [-0.25, -0.2) is 14.8 Å². The molecule has 0 spiro atoms. The van der Waals surface area contributed by atoms with Crippen molar-refractivity contribution in [1.82, 2.24) is 19.9 Å². The van der Waals surface area contributed by atoms with Gasteiger partial charge in [-0.2, -0.15) is 0 Å². The van der Waals surface area contributed by atoms with E-state index in [2.05, 4.69) is 19.9 Å². The summed E-state index contributed by atoms with van der Waals surface area (Å²) < 4.78 is 5.52. The first-order valence-corrected chi connectivity index (χ1v) is 8.74. The summed E-state index contributed by atoms with van der Waals surface area (Å²) in [5, 5.41) is 0.715. The number of piperazine rings is 1. The predicted octanol–water partition coefficient (Wildman–Crippen LogP) is 2.60. The van der Waals surface area contributed by atoms with E-state index in [-0.39, 0.29) is 18.2 Å². The number of carbonyl (C=O) groups excluding carboxylic acids is 2. The molecule has 0 aliphatic carbocycles. The Bertz CT molecular complexity index is 826. The van der Waals surface area contributed by atoms with Gasteiger partial charge in [-0.15, -0.1) is 0 Å². The van der Waals surface area contributed by atoms with Gasteiger partial charge in [0, 0.05) is 36.9 Å². The molecule has 1 aliphatic heterocycles. The molecule has 8 nitrogen and oxygen atoms in total. The minimum absolute atomic E-state index is 0.0196. The first-order valence-electron chi connectivity index (χ1n) is 8.74. The first kappa shape index (κ1) is 18.2. The van der Waals surface area contributed by atoms with E-state index in [0.29, 0.717) is 35.5 Å². The van der Waals surface area contributed by atoms with E-state index in [1.165, 1.54) is 6.33 Å². The lowest BCUT2D eigenvalue weighted by molar-refractivity contribution is 0.0130. The fraction of sp³-hybridized carbons (Fsp3) is 0.556. The van der Waals surface area contributed by atoms with Gasteiger partial charge in [0.2, 0.25) is 0 Å². The van der Waals surface area contributed by atoms with E-state index in [9.17, 15) is 9.59 Å². The molecule has 0 bridgehead atoms. The number of nitrogens with zero attached hydrogens (tertiary/aromatic N) is 4. The van der Waals surface area contributed by atoms with Crippen molar-refractivity contribution >= 4 is 29.2 Å². The number of amides is 1. The van der Waals surface area contributed by atoms with Crippen molar-refractivity contribution in [2.24, 2.45) is 0 Å². The maximum absolute atomic E-state index is 12.5. The summed E-state index contributed by atoms with van der Waals surface area (Å²) in [4.78, 5) is 39.4. The van der Waals surface area contributed by atoms with Gasteiger partial charge >= 0.3 is 6.09 Å². The zero-order chi connectivity index (χ0) is 19.1. The fourth-order valence-corrected chi connectivity index (χ4v) is 3.28. The number of hydrogen-bond acceptors (Lipinski definition) is 6. The van der Waals surface area contributed by atoms with Gasteiger partial charge < -0.3 is 19.5 Å². The number of ether oxygens (including phenoxy) is 1. The van der Waals surface area contributed by atoms with Crippen LogP contribution in [0.3, 0.4) is 0 Å². The highest BCUT2D eigenvalue weighted by Gasteiger charge is 2.35. The molecular weight excluding hydrogens is 334 g/mol. The summed E-state index contributed by atoms with van der Waals surface area (Å²) in [7, 11) is 0. The summed E-state index contributed by atoms with van der Waals surface area (Å²) in [5.41, 5.74) is 0.636. The summed E-state index contributed by atoms with van der Waals surface area (Å²) >= 11 is 0. The van der Waals surface area contributed by atoms with Crippen molar-refractivity contribution in [2.45, 2.75) is 52.3 Å². The van der Waals surface area contributed by atoms with Gasteiger partial charge in [-0.1, -0.05) is 0 Å². The van der Waals surface area contributed by atoms with Crippen LogP contribution >= 0.6 is 0 Å². The van der Waals surface area contributed by atoms with E-state index in [0.717, 1.165) is 6.29 Å². The van der Waals surface area contributed by atoms with Crippen LogP contribution in [0.2, 0.25) is 0 Å².